The lowest BCUT2D eigenvalue weighted by Crippen LogP contribution is -2.46. The van der Waals surface area contributed by atoms with E-state index in [0.29, 0.717) is 20.7 Å². The average Bonchev–Trinajstić information content (AvgIpc) is 2.75. The van der Waals surface area contributed by atoms with Crippen molar-refractivity contribution in [2.45, 2.75) is 13.0 Å². The van der Waals surface area contributed by atoms with Gasteiger partial charge in [0.25, 0.3) is 0 Å². The molecule has 0 radical (unpaired) electrons. The first-order valence-corrected chi connectivity index (χ1v) is 8.15. The summed E-state index contributed by atoms with van der Waals surface area (Å²) in [6, 6.07) is 3.37. The lowest BCUT2D eigenvalue weighted by Gasteiger charge is -2.30. The van der Waals surface area contributed by atoms with Gasteiger partial charge in [0.1, 0.15) is 0 Å². The summed E-state index contributed by atoms with van der Waals surface area (Å²) in [6.07, 6.45) is 0. The highest BCUT2D eigenvalue weighted by Crippen LogP contribution is 2.23. The average molecular weight is 292 g/mol. The Morgan fingerprint density at radius 1 is 1.47 bits per heavy atom. The fourth-order valence-electron chi connectivity index (χ4n) is 1.86. The molecular formula is C11H14ClNO2S2. The van der Waals surface area contributed by atoms with Crippen molar-refractivity contribution in [1.82, 2.24) is 4.90 Å². The molecule has 0 saturated carbocycles. The van der Waals surface area contributed by atoms with Crippen molar-refractivity contribution in [1.29, 1.82) is 0 Å². The van der Waals surface area contributed by atoms with Crippen LogP contribution < -0.4 is 0 Å². The maximum atomic E-state index is 12.2. The summed E-state index contributed by atoms with van der Waals surface area (Å²) >= 11 is 7.14. The van der Waals surface area contributed by atoms with Crippen LogP contribution in [0.15, 0.2) is 12.1 Å². The molecule has 94 valence electrons. The lowest BCUT2D eigenvalue weighted by atomic mass is 10.1. The van der Waals surface area contributed by atoms with Crippen LogP contribution in [0.3, 0.4) is 0 Å². The van der Waals surface area contributed by atoms with Gasteiger partial charge in [-0.05, 0) is 19.1 Å². The molecule has 1 aromatic rings. The van der Waals surface area contributed by atoms with Crippen LogP contribution in [0, 0.1) is 0 Å². The Hall–Kier alpha value is -0.230. The predicted octanol–water partition coefficient (Wildman–Crippen LogP) is 2.04. The highest BCUT2D eigenvalue weighted by atomic mass is 35.5. The van der Waals surface area contributed by atoms with Crippen LogP contribution in [0.4, 0.5) is 0 Å². The molecule has 0 spiro atoms. The van der Waals surface area contributed by atoms with Crippen LogP contribution in [-0.4, -0.2) is 45.5 Å². The van der Waals surface area contributed by atoms with E-state index in [2.05, 4.69) is 4.90 Å². The van der Waals surface area contributed by atoms with Crippen molar-refractivity contribution in [2.24, 2.45) is 0 Å². The minimum absolute atomic E-state index is 0.106. The number of rotatable bonds is 3. The summed E-state index contributed by atoms with van der Waals surface area (Å²) in [6.45, 7) is 3.38. The number of carbonyl (C=O) groups is 1. The third-order valence-corrected chi connectivity index (χ3v) is 5.48. The number of ketones is 1. The van der Waals surface area contributed by atoms with Gasteiger partial charge in [0.2, 0.25) is 0 Å². The van der Waals surface area contributed by atoms with E-state index < -0.39 is 10.8 Å². The molecule has 3 nitrogen and oxygen atoms in total. The molecule has 1 aliphatic rings. The van der Waals surface area contributed by atoms with Crippen molar-refractivity contribution in [2.75, 3.05) is 24.6 Å². The topological polar surface area (TPSA) is 37.4 Å². The quantitative estimate of drug-likeness (QED) is 0.800. The molecule has 1 fully saturated rings. The Morgan fingerprint density at radius 2 is 2.12 bits per heavy atom. The Kier molecular flexibility index (Phi) is 4.36. The second-order valence-corrected chi connectivity index (χ2v) is 7.44. The zero-order chi connectivity index (χ0) is 12.4. The molecule has 1 atom stereocenters. The SMILES string of the molecule is CC(C(=O)c1ccc(Cl)s1)N1CCS(=O)CC1. The van der Waals surface area contributed by atoms with Crippen LogP contribution in [0.5, 0.6) is 0 Å². The van der Waals surface area contributed by atoms with Crippen LogP contribution >= 0.6 is 22.9 Å². The zero-order valence-electron chi connectivity index (χ0n) is 9.52. The largest absolute Gasteiger partial charge is 0.292 e. The van der Waals surface area contributed by atoms with Crippen LogP contribution in [0.2, 0.25) is 4.34 Å². The molecule has 0 amide bonds. The first-order chi connectivity index (χ1) is 8.08. The maximum Gasteiger partial charge on any atom is 0.189 e. The summed E-state index contributed by atoms with van der Waals surface area (Å²) in [5.41, 5.74) is 0. The van der Waals surface area contributed by atoms with Gasteiger partial charge in [0.05, 0.1) is 15.3 Å². The molecule has 2 rings (SSSR count). The van der Waals surface area contributed by atoms with Crippen molar-refractivity contribution < 1.29 is 9.00 Å². The Bertz CT molecular complexity index is 436. The number of nitrogens with zero attached hydrogens (tertiary/aromatic N) is 1. The van der Waals surface area contributed by atoms with Crippen molar-refractivity contribution in [3.63, 3.8) is 0 Å². The smallest absolute Gasteiger partial charge is 0.189 e. The molecule has 1 unspecified atom stereocenters. The second kappa shape index (κ2) is 5.61. The maximum absolute atomic E-state index is 12.2. The molecule has 1 aliphatic heterocycles. The summed E-state index contributed by atoms with van der Waals surface area (Å²) in [5.74, 6) is 1.45. The fourth-order valence-corrected chi connectivity index (χ4v) is 4.00. The van der Waals surface area contributed by atoms with Crippen LogP contribution in [0.1, 0.15) is 16.6 Å². The van der Waals surface area contributed by atoms with Gasteiger partial charge in [0.15, 0.2) is 5.78 Å². The van der Waals surface area contributed by atoms with Crippen LogP contribution in [0.25, 0.3) is 0 Å². The van der Waals surface area contributed by atoms with Gasteiger partial charge in [-0.1, -0.05) is 11.6 Å². The normalized spacial score (nSPS) is 20.4. The highest BCUT2D eigenvalue weighted by molar-refractivity contribution is 7.85. The summed E-state index contributed by atoms with van der Waals surface area (Å²) in [7, 11) is -0.703. The molecule has 0 bridgehead atoms. The Labute approximate surface area is 112 Å². The van der Waals surface area contributed by atoms with Crippen molar-refractivity contribution in [3.05, 3.63) is 21.3 Å². The minimum Gasteiger partial charge on any atom is -0.292 e. The van der Waals surface area contributed by atoms with Gasteiger partial charge in [0, 0.05) is 35.4 Å². The minimum atomic E-state index is -0.703. The molecule has 0 aromatic carbocycles. The van der Waals surface area contributed by atoms with E-state index >= 15 is 0 Å². The number of hydrogen-bond donors (Lipinski definition) is 0. The fraction of sp³-hybridized carbons (Fsp3) is 0.545. The van der Waals surface area contributed by atoms with Gasteiger partial charge in [-0.25, -0.2) is 0 Å². The molecular weight excluding hydrogens is 278 g/mol. The first-order valence-electron chi connectivity index (χ1n) is 5.46. The van der Waals surface area contributed by atoms with E-state index in [1.54, 1.807) is 12.1 Å². The molecule has 2 heterocycles. The number of hydrogen-bond acceptors (Lipinski definition) is 4. The Morgan fingerprint density at radius 3 is 2.65 bits per heavy atom. The molecule has 0 aliphatic carbocycles. The van der Waals surface area contributed by atoms with E-state index in [1.165, 1.54) is 11.3 Å². The van der Waals surface area contributed by atoms with Crippen LogP contribution in [-0.2, 0) is 10.8 Å². The summed E-state index contributed by atoms with van der Waals surface area (Å²) < 4.78 is 11.9. The van der Waals surface area contributed by atoms with Crippen molar-refractivity contribution >= 4 is 39.5 Å². The number of thiophene rings is 1. The summed E-state index contributed by atoms with van der Waals surface area (Å²) in [4.78, 5) is 15.0. The monoisotopic (exact) mass is 291 g/mol. The number of Topliss-reactive ketones (excluding diaryl/α,β-unsaturated/α-hetero) is 1. The van der Waals surface area contributed by atoms with E-state index in [-0.39, 0.29) is 11.8 Å². The second-order valence-electron chi connectivity index (χ2n) is 4.03. The van der Waals surface area contributed by atoms with Gasteiger partial charge in [-0.15, -0.1) is 11.3 Å². The Balaban J connectivity index is 2.02. The molecule has 6 heteroatoms. The van der Waals surface area contributed by atoms with Gasteiger partial charge < -0.3 is 0 Å². The molecule has 17 heavy (non-hydrogen) atoms. The van der Waals surface area contributed by atoms with E-state index in [0.717, 1.165) is 13.1 Å². The third kappa shape index (κ3) is 3.16. The van der Waals surface area contributed by atoms with E-state index in [4.69, 9.17) is 11.6 Å². The van der Waals surface area contributed by atoms with Gasteiger partial charge in [-0.2, -0.15) is 0 Å². The third-order valence-electron chi connectivity index (χ3n) is 2.96. The van der Waals surface area contributed by atoms with Gasteiger partial charge >= 0.3 is 0 Å². The number of carbonyl (C=O) groups excluding carboxylic acids is 1. The predicted molar refractivity (Wildman–Crippen MR) is 72.6 cm³/mol. The molecule has 1 aromatic heterocycles. The van der Waals surface area contributed by atoms with Crippen molar-refractivity contribution in [3.8, 4) is 0 Å². The van der Waals surface area contributed by atoms with E-state index in [1.807, 2.05) is 6.92 Å². The highest BCUT2D eigenvalue weighted by Gasteiger charge is 2.26. The van der Waals surface area contributed by atoms with Gasteiger partial charge in [-0.3, -0.25) is 13.9 Å². The zero-order valence-corrected chi connectivity index (χ0v) is 11.9. The number of halogens is 1. The molecule has 0 N–H and O–H groups in total. The standard InChI is InChI=1S/C11H14ClNO2S2/c1-8(13-4-6-17(15)7-5-13)11(14)9-2-3-10(12)16-9/h2-3,8H,4-7H2,1H3. The van der Waals surface area contributed by atoms with E-state index in [9.17, 15) is 9.00 Å². The first kappa shape index (κ1) is 13.2. The molecule has 1 saturated heterocycles. The summed E-state index contributed by atoms with van der Waals surface area (Å²) in [5, 5.41) is 0. The lowest BCUT2D eigenvalue weighted by molar-refractivity contribution is 0.0854.